The minimum absolute atomic E-state index is 0.0321. The summed E-state index contributed by atoms with van der Waals surface area (Å²) in [4.78, 5) is 56.5. The van der Waals surface area contributed by atoms with Gasteiger partial charge in [0.05, 0.1) is 28.5 Å². The van der Waals surface area contributed by atoms with Gasteiger partial charge in [0.15, 0.2) is 0 Å². The molecule has 0 bridgehead atoms. The van der Waals surface area contributed by atoms with Crippen LogP contribution in [0.25, 0.3) is 0 Å². The number of carbonyl (C=O) groups is 3. The highest BCUT2D eigenvalue weighted by atomic mass is 35.5. The molecule has 0 unspecified atom stereocenters. The summed E-state index contributed by atoms with van der Waals surface area (Å²) < 4.78 is 21.0. The molecule has 232 valence electrons. The van der Waals surface area contributed by atoms with Crippen molar-refractivity contribution in [1.29, 1.82) is 0 Å². The Labute approximate surface area is 267 Å². The number of methoxy groups -OCH3 is 1. The summed E-state index contributed by atoms with van der Waals surface area (Å²) in [5, 5.41) is 15.3. The van der Waals surface area contributed by atoms with E-state index in [9.17, 15) is 24.5 Å². The molecule has 1 N–H and O–H groups in total. The Balaban J connectivity index is 1.46. The third kappa shape index (κ3) is 4.43. The van der Waals surface area contributed by atoms with Gasteiger partial charge in [0.25, 0.3) is 5.69 Å². The van der Waals surface area contributed by atoms with Gasteiger partial charge in [-0.3, -0.25) is 24.6 Å². The Bertz CT molecular complexity index is 1800. The molecule has 45 heavy (non-hydrogen) atoms. The Morgan fingerprint density at radius 3 is 2.62 bits per heavy atom. The van der Waals surface area contributed by atoms with Crippen molar-refractivity contribution in [1.82, 2.24) is 4.90 Å². The number of halogens is 3. The highest BCUT2D eigenvalue weighted by Crippen LogP contribution is 2.62. The van der Waals surface area contributed by atoms with E-state index in [0.29, 0.717) is 35.2 Å². The number of benzene rings is 3. The maximum absolute atomic E-state index is 16.1. The molecule has 10 nitrogen and oxygen atoms in total. The van der Waals surface area contributed by atoms with E-state index in [-0.39, 0.29) is 34.1 Å². The van der Waals surface area contributed by atoms with Gasteiger partial charge < -0.3 is 15.0 Å². The number of nitro benzene ring substituents is 1. The fraction of sp³-hybridized carbons (Fsp3) is 0.344. The van der Waals surface area contributed by atoms with Crippen LogP contribution in [0.2, 0.25) is 10.0 Å². The quantitative estimate of drug-likeness (QED) is 0.200. The third-order valence-electron chi connectivity index (χ3n) is 9.62. The van der Waals surface area contributed by atoms with Crippen LogP contribution < -0.4 is 10.2 Å². The summed E-state index contributed by atoms with van der Waals surface area (Å²) >= 11 is 12.6. The summed E-state index contributed by atoms with van der Waals surface area (Å²) in [5.41, 5.74) is -0.754. The number of likely N-dealkylation sites (tertiary alicyclic amines) is 1. The molecular formula is C32H27Cl2FN4O6. The first-order valence-corrected chi connectivity index (χ1v) is 15.3. The van der Waals surface area contributed by atoms with Crippen molar-refractivity contribution in [3.05, 3.63) is 97.3 Å². The fourth-order valence-corrected chi connectivity index (χ4v) is 7.97. The number of rotatable bonds is 6. The second-order valence-electron chi connectivity index (χ2n) is 12.0. The van der Waals surface area contributed by atoms with Gasteiger partial charge in [-0.1, -0.05) is 41.4 Å². The number of fused-ring (bicyclic) bond motifs is 3. The molecular weight excluding hydrogens is 626 g/mol. The van der Waals surface area contributed by atoms with E-state index in [1.807, 2.05) is 0 Å². The number of carbonyl (C=O) groups excluding carboxylic acids is 3. The summed E-state index contributed by atoms with van der Waals surface area (Å²) in [5.74, 6) is -4.15. The molecule has 3 aromatic rings. The predicted octanol–water partition coefficient (Wildman–Crippen LogP) is 5.91. The van der Waals surface area contributed by atoms with Gasteiger partial charge in [0, 0.05) is 47.4 Å². The van der Waals surface area contributed by atoms with Crippen molar-refractivity contribution in [3.8, 4) is 0 Å². The maximum atomic E-state index is 16.1. The molecule has 1 saturated carbocycles. The maximum Gasteiger partial charge on any atom is 0.337 e. The van der Waals surface area contributed by atoms with Crippen LogP contribution in [0.1, 0.15) is 46.7 Å². The van der Waals surface area contributed by atoms with E-state index >= 15 is 4.39 Å². The third-order valence-corrected chi connectivity index (χ3v) is 10.1. The summed E-state index contributed by atoms with van der Waals surface area (Å²) in [6.07, 6.45) is 2.25. The highest BCUT2D eigenvalue weighted by molar-refractivity contribution is 6.31. The van der Waals surface area contributed by atoms with E-state index in [1.54, 1.807) is 30.3 Å². The lowest BCUT2D eigenvalue weighted by atomic mass is 9.70. The van der Waals surface area contributed by atoms with Crippen molar-refractivity contribution >= 4 is 58.0 Å². The van der Waals surface area contributed by atoms with Crippen molar-refractivity contribution in [2.45, 2.75) is 36.8 Å². The van der Waals surface area contributed by atoms with E-state index in [2.05, 4.69) is 10.2 Å². The van der Waals surface area contributed by atoms with Crippen LogP contribution >= 0.6 is 23.2 Å². The Hall–Kier alpha value is -4.06. The Kier molecular flexibility index (Phi) is 7.10. The molecule has 2 saturated heterocycles. The minimum atomic E-state index is -1.49. The molecule has 13 heteroatoms. The fourth-order valence-electron chi connectivity index (χ4n) is 7.61. The molecule has 2 amide bonds. The van der Waals surface area contributed by atoms with Gasteiger partial charge in [0.2, 0.25) is 11.8 Å². The largest absolute Gasteiger partial charge is 0.465 e. The van der Waals surface area contributed by atoms with Crippen LogP contribution in [0, 0.1) is 27.8 Å². The van der Waals surface area contributed by atoms with Crippen LogP contribution in [-0.2, 0) is 19.9 Å². The number of piperidine rings is 1. The normalized spacial score (nSPS) is 25.7. The number of hydrogen-bond acceptors (Lipinski definition) is 7. The van der Waals surface area contributed by atoms with Crippen molar-refractivity contribution in [2.24, 2.45) is 11.8 Å². The van der Waals surface area contributed by atoms with Crippen molar-refractivity contribution in [2.75, 3.05) is 30.4 Å². The Morgan fingerprint density at radius 2 is 1.91 bits per heavy atom. The molecule has 0 radical (unpaired) electrons. The average Bonchev–Trinajstić information content (AvgIpc) is 3.74. The second-order valence-corrected chi connectivity index (χ2v) is 12.8. The predicted molar refractivity (Wildman–Crippen MR) is 164 cm³/mol. The number of nitrogens with one attached hydrogen (secondary N) is 1. The highest BCUT2D eigenvalue weighted by Gasteiger charge is 2.70. The van der Waals surface area contributed by atoms with Gasteiger partial charge in [-0.25, -0.2) is 9.18 Å². The molecule has 4 atom stereocenters. The van der Waals surface area contributed by atoms with Gasteiger partial charge in [-0.2, -0.15) is 0 Å². The van der Waals surface area contributed by atoms with E-state index in [0.717, 1.165) is 18.9 Å². The lowest BCUT2D eigenvalue weighted by Crippen LogP contribution is -2.54. The standard InChI is InChI=1S/C32H27Cl2FN4O6/c1-45-30(41)17-7-10-23(39(43)44)25(13-17)37-12-11-24-26(29(37)40)27(19-3-2-4-21(34)28(19)35)32(38(24)15-16-5-6-16)20-9-8-18(33)14-22(20)36-31(32)42/h2-4,7-10,13-14,16,24,26-27H,5-6,11-12,15H2,1H3,(H,36,42)/t24-,26+,27-,32+/m0/s1. The van der Waals surface area contributed by atoms with Crippen LogP contribution in [0.5, 0.6) is 0 Å². The van der Waals surface area contributed by atoms with Crippen LogP contribution in [-0.4, -0.2) is 53.8 Å². The molecule has 3 aliphatic heterocycles. The number of amides is 2. The van der Waals surface area contributed by atoms with E-state index in [4.69, 9.17) is 27.9 Å². The van der Waals surface area contributed by atoms with Gasteiger partial charge in [0.1, 0.15) is 17.0 Å². The van der Waals surface area contributed by atoms with Crippen LogP contribution in [0.15, 0.2) is 54.6 Å². The lowest BCUT2D eigenvalue weighted by molar-refractivity contribution is -0.384. The van der Waals surface area contributed by atoms with Crippen molar-refractivity contribution < 1.29 is 28.4 Å². The van der Waals surface area contributed by atoms with Gasteiger partial charge >= 0.3 is 5.97 Å². The summed E-state index contributed by atoms with van der Waals surface area (Å²) in [6, 6.07) is 12.8. The van der Waals surface area contributed by atoms with Crippen LogP contribution in [0.4, 0.5) is 21.5 Å². The second kappa shape index (κ2) is 10.8. The molecule has 3 aromatic carbocycles. The lowest BCUT2D eigenvalue weighted by Gasteiger charge is -2.40. The minimum Gasteiger partial charge on any atom is -0.465 e. The smallest absolute Gasteiger partial charge is 0.337 e. The monoisotopic (exact) mass is 652 g/mol. The van der Waals surface area contributed by atoms with E-state index in [1.165, 1.54) is 30.2 Å². The zero-order valence-corrected chi connectivity index (χ0v) is 25.5. The van der Waals surface area contributed by atoms with E-state index < -0.39 is 51.9 Å². The SMILES string of the molecule is COC(=O)c1ccc([N+](=O)[O-])c(N2CC[C@H]3[C@@H](C2=O)[C@H](c2cccc(Cl)c2F)[C@]2(C(=O)Nc4cc(Cl)ccc42)N3CC2CC2)c1. The summed E-state index contributed by atoms with van der Waals surface area (Å²) in [6.45, 7) is 0.573. The first-order valence-electron chi connectivity index (χ1n) is 14.6. The number of hydrogen-bond donors (Lipinski definition) is 1. The number of ether oxygens (including phenoxy) is 1. The van der Waals surface area contributed by atoms with Crippen molar-refractivity contribution in [3.63, 3.8) is 0 Å². The first kappa shape index (κ1) is 29.6. The van der Waals surface area contributed by atoms with Gasteiger partial charge in [-0.15, -0.1) is 0 Å². The van der Waals surface area contributed by atoms with Crippen LogP contribution in [0.3, 0.4) is 0 Å². The molecule has 4 aliphatic rings. The number of anilines is 2. The van der Waals surface area contributed by atoms with Gasteiger partial charge in [-0.05, 0) is 61.1 Å². The summed E-state index contributed by atoms with van der Waals surface area (Å²) in [7, 11) is 1.19. The number of nitro groups is 1. The first-order chi connectivity index (χ1) is 21.6. The Morgan fingerprint density at radius 1 is 1.13 bits per heavy atom. The molecule has 0 aromatic heterocycles. The zero-order chi connectivity index (χ0) is 31.8. The number of esters is 1. The topological polar surface area (TPSA) is 122 Å². The average molecular weight is 653 g/mol. The number of nitrogens with zero attached hydrogens (tertiary/aromatic N) is 3. The molecule has 3 fully saturated rings. The molecule has 1 aliphatic carbocycles. The molecule has 3 heterocycles. The molecule has 1 spiro atoms. The zero-order valence-electron chi connectivity index (χ0n) is 24.0. The molecule has 7 rings (SSSR count).